The molecule has 0 bridgehead atoms. The number of pyridine rings is 1. The summed E-state index contributed by atoms with van der Waals surface area (Å²) in [7, 11) is 1.72. The topological polar surface area (TPSA) is 70.8 Å². The maximum absolute atomic E-state index is 5.19. The second kappa shape index (κ2) is 10.2. The lowest BCUT2D eigenvalue weighted by molar-refractivity contribution is 0.182. The first-order valence-electron chi connectivity index (χ1n) is 10.3. The van der Waals surface area contributed by atoms with Crippen LogP contribution in [0.4, 0.5) is 5.82 Å². The second-order valence-electron chi connectivity index (χ2n) is 7.20. The van der Waals surface area contributed by atoms with Crippen molar-refractivity contribution in [3.63, 3.8) is 0 Å². The first-order valence-corrected chi connectivity index (χ1v) is 10.3. The van der Waals surface area contributed by atoms with Gasteiger partial charge in [-0.3, -0.25) is 4.68 Å². The highest BCUT2D eigenvalue weighted by atomic mass is 16.5. The minimum atomic E-state index is 0.632. The summed E-state index contributed by atoms with van der Waals surface area (Å²) in [5.41, 5.74) is 3.40. The van der Waals surface area contributed by atoms with E-state index in [9.17, 15) is 0 Å². The van der Waals surface area contributed by atoms with Gasteiger partial charge in [-0.25, -0.2) is 9.98 Å². The van der Waals surface area contributed by atoms with Crippen molar-refractivity contribution in [2.24, 2.45) is 4.99 Å². The normalized spacial score (nSPS) is 15.1. The first kappa shape index (κ1) is 21.1. The van der Waals surface area contributed by atoms with E-state index < -0.39 is 0 Å². The van der Waals surface area contributed by atoms with Crippen LogP contribution < -0.4 is 10.2 Å². The molecular weight excluding hydrogens is 366 g/mol. The number of anilines is 1. The zero-order valence-electron chi connectivity index (χ0n) is 18.1. The zero-order valence-corrected chi connectivity index (χ0v) is 18.1. The quantitative estimate of drug-likeness (QED) is 0.566. The van der Waals surface area contributed by atoms with E-state index in [-0.39, 0.29) is 0 Å². The van der Waals surface area contributed by atoms with Crippen LogP contribution in [0.25, 0.3) is 0 Å². The molecule has 1 aliphatic rings. The molecule has 0 amide bonds. The van der Waals surface area contributed by atoms with Crippen LogP contribution in [-0.4, -0.2) is 72.1 Å². The van der Waals surface area contributed by atoms with Crippen LogP contribution in [0.2, 0.25) is 0 Å². The van der Waals surface area contributed by atoms with Crippen LogP contribution in [0.3, 0.4) is 0 Å². The molecule has 0 aromatic carbocycles. The maximum Gasteiger partial charge on any atom is 0.194 e. The fraction of sp³-hybridized carbons (Fsp3) is 0.571. The van der Waals surface area contributed by atoms with E-state index in [4.69, 9.17) is 9.73 Å². The molecule has 1 fully saturated rings. The summed E-state index contributed by atoms with van der Waals surface area (Å²) in [6.07, 6.45) is 1.85. The number of piperazine rings is 1. The third kappa shape index (κ3) is 5.26. The highest BCUT2D eigenvalue weighted by Gasteiger charge is 2.20. The number of aromatic nitrogens is 3. The number of rotatable bonds is 7. The van der Waals surface area contributed by atoms with E-state index in [0.29, 0.717) is 13.2 Å². The molecule has 3 rings (SSSR count). The van der Waals surface area contributed by atoms with Gasteiger partial charge in [0, 0.05) is 57.3 Å². The molecule has 0 atom stereocenters. The molecule has 29 heavy (non-hydrogen) atoms. The molecule has 3 heterocycles. The van der Waals surface area contributed by atoms with Gasteiger partial charge in [0.15, 0.2) is 5.96 Å². The number of aliphatic imine (C=N–C) groups is 1. The summed E-state index contributed by atoms with van der Waals surface area (Å²) in [5.74, 6) is 2.01. The highest BCUT2D eigenvalue weighted by Crippen LogP contribution is 2.16. The molecule has 8 heteroatoms. The monoisotopic (exact) mass is 399 g/mol. The van der Waals surface area contributed by atoms with Gasteiger partial charge in [0.05, 0.1) is 25.4 Å². The summed E-state index contributed by atoms with van der Waals surface area (Å²) in [6, 6.07) is 6.07. The number of guanidine groups is 1. The predicted molar refractivity (Wildman–Crippen MR) is 116 cm³/mol. The molecule has 1 saturated heterocycles. The third-order valence-electron chi connectivity index (χ3n) is 5.31. The fourth-order valence-electron chi connectivity index (χ4n) is 3.63. The highest BCUT2D eigenvalue weighted by molar-refractivity contribution is 5.80. The molecule has 0 spiro atoms. The summed E-state index contributed by atoms with van der Waals surface area (Å²) >= 11 is 0. The lowest BCUT2D eigenvalue weighted by Crippen LogP contribution is -2.52. The van der Waals surface area contributed by atoms with E-state index in [1.165, 1.54) is 11.3 Å². The van der Waals surface area contributed by atoms with Crippen molar-refractivity contribution in [3.8, 4) is 0 Å². The Bertz CT molecular complexity index is 795. The van der Waals surface area contributed by atoms with Crippen LogP contribution in [0.15, 0.2) is 29.4 Å². The fourth-order valence-corrected chi connectivity index (χ4v) is 3.63. The predicted octanol–water partition coefficient (Wildman–Crippen LogP) is 1.83. The van der Waals surface area contributed by atoms with Crippen LogP contribution in [0, 0.1) is 13.8 Å². The Morgan fingerprint density at radius 2 is 2.00 bits per heavy atom. The van der Waals surface area contributed by atoms with Gasteiger partial charge in [-0.15, -0.1) is 0 Å². The van der Waals surface area contributed by atoms with E-state index in [1.54, 1.807) is 7.11 Å². The minimum absolute atomic E-state index is 0.632. The van der Waals surface area contributed by atoms with Crippen LogP contribution in [0.1, 0.15) is 23.9 Å². The second-order valence-corrected chi connectivity index (χ2v) is 7.20. The van der Waals surface area contributed by atoms with Crippen molar-refractivity contribution < 1.29 is 4.74 Å². The molecule has 1 N–H and O–H groups in total. The molecule has 2 aromatic rings. The van der Waals surface area contributed by atoms with E-state index >= 15 is 0 Å². The van der Waals surface area contributed by atoms with Gasteiger partial charge in [0.25, 0.3) is 0 Å². The zero-order chi connectivity index (χ0) is 20.6. The molecular formula is C21H33N7O. The van der Waals surface area contributed by atoms with Gasteiger partial charge in [0.2, 0.25) is 0 Å². The number of hydrogen-bond acceptors (Lipinski definition) is 5. The first-order chi connectivity index (χ1) is 14.1. The van der Waals surface area contributed by atoms with E-state index in [1.807, 2.05) is 23.0 Å². The van der Waals surface area contributed by atoms with Gasteiger partial charge in [-0.2, -0.15) is 5.10 Å². The SMILES string of the molecule is CCNC(=NCc1c(C)nn(CCOC)c1C)N1CCN(c2ccccn2)CC1. The van der Waals surface area contributed by atoms with Crippen molar-refractivity contribution >= 4 is 11.8 Å². The number of hydrogen-bond donors (Lipinski definition) is 1. The summed E-state index contributed by atoms with van der Waals surface area (Å²) in [4.78, 5) is 14.1. The van der Waals surface area contributed by atoms with Crippen molar-refractivity contribution in [1.82, 2.24) is 25.0 Å². The lowest BCUT2D eigenvalue weighted by atomic mass is 10.2. The van der Waals surface area contributed by atoms with Gasteiger partial charge in [-0.1, -0.05) is 6.07 Å². The molecule has 1 aliphatic heterocycles. The van der Waals surface area contributed by atoms with E-state index in [2.05, 4.69) is 52.0 Å². The van der Waals surface area contributed by atoms with Crippen LogP contribution >= 0.6 is 0 Å². The third-order valence-corrected chi connectivity index (χ3v) is 5.31. The summed E-state index contributed by atoms with van der Waals surface area (Å²) in [6.45, 7) is 12.9. The number of nitrogens with one attached hydrogen (secondary N) is 1. The van der Waals surface area contributed by atoms with Gasteiger partial charge in [-0.05, 0) is 32.9 Å². The Balaban J connectivity index is 1.66. The molecule has 8 nitrogen and oxygen atoms in total. The van der Waals surface area contributed by atoms with Crippen molar-refractivity contribution in [2.75, 3.05) is 51.3 Å². The van der Waals surface area contributed by atoms with Crippen molar-refractivity contribution in [1.29, 1.82) is 0 Å². The molecule has 0 radical (unpaired) electrons. The molecule has 0 unspecified atom stereocenters. The molecule has 0 saturated carbocycles. The Labute approximate surface area is 173 Å². The average Bonchev–Trinajstić information content (AvgIpc) is 3.03. The minimum Gasteiger partial charge on any atom is -0.383 e. The number of aryl methyl sites for hydroxylation is 1. The van der Waals surface area contributed by atoms with Crippen molar-refractivity contribution in [2.45, 2.75) is 33.9 Å². The van der Waals surface area contributed by atoms with Crippen LogP contribution in [0.5, 0.6) is 0 Å². The number of ether oxygens (including phenoxy) is 1. The van der Waals surface area contributed by atoms with E-state index in [0.717, 1.165) is 56.7 Å². The average molecular weight is 400 g/mol. The summed E-state index contributed by atoms with van der Waals surface area (Å²) in [5, 5.41) is 8.10. The van der Waals surface area contributed by atoms with Gasteiger partial charge >= 0.3 is 0 Å². The Morgan fingerprint density at radius 3 is 2.66 bits per heavy atom. The largest absolute Gasteiger partial charge is 0.383 e. The maximum atomic E-state index is 5.19. The standard InChI is InChI=1S/C21H33N7O/c1-5-22-21(24-16-19-17(2)25-28(18(19)3)14-15-29-4)27-12-10-26(11-13-27)20-8-6-7-9-23-20/h6-9H,5,10-16H2,1-4H3,(H,22,24). The molecule has 158 valence electrons. The Kier molecular flexibility index (Phi) is 7.46. The Hall–Kier alpha value is -2.61. The molecule has 0 aliphatic carbocycles. The number of methoxy groups -OCH3 is 1. The Morgan fingerprint density at radius 1 is 1.21 bits per heavy atom. The van der Waals surface area contributed by atoms with Gasteiger partial charge in [0.1, 0.15) is 5.82 Å². The number of nitrogens with zero attached hydrogens (tertiary/aromatic N) is 6. The smallest absolute Gasteiger partial charge is 0.194 e. The summed E-state index contributed by atoms with van der Waals surface area (Å²) < 4.78 is 7.20. The van der Waals surface area contributed by atoms with Crippen molar-refractivity contribution in [3.05, 3.63) is 41.3 Å². The molecule has 2 aromatic heterocycles. The lowest BCUT2D eigenvalue weighted by Gasteiger charge is -2.37. The van der Waals surface area contributed by atoms with Crippen LogP contribution in [-0.2, 0) is 17.8 Å². The van der Waals surface area contributed by atoms with Gasteiger partial charge < -0.3 is 19.9 Å².